The molecule has 2 aromatic carbocycles. The second-order valence-corrected chi connectivity index (χ2v) is 7.14. The molecule has 6 nitrogen and oxygen atoms in total. The van der Waals surface area contributed by atoms with E-state index in [4.69, 9.17) is 0 Å². The highest BCUT2D eigenvalue weighted by molar-refractivity contribution is 5.79. The van der Waals surface area contributed by atoms with E-state index in [0.29, 0.717) is 0 Å². The minimum absolute atomic E-state index is 0.0202. The number of non-ortho nitro benzene ring substituents is 1. The molecule has 3 rings (SSSR count). The topological polar surface area (TPSA) is 75.5 Å². The van der Waals surface area contributed by atoms with Crippen LogP contribution in [0, 0.1) is 16.0 Å². The molecule has 0 spiro atoms. The Labute approximate surface area is 159 Å². The molecule has 1 amide bonds. The average molecular weight is 367 g/mol. The summed E-state index contributed by atoms with van der Waals surface area (Å²) in [5, 5.41) is 14.0. The molecule has 27 heavy (non-hydrogen) atoms. The number of likely N-dealkylation sites (tertiary alicyclic amines) is 1. The van der Waals surface area contributed by atoms with Gasteiger partial charge in [-0.15, -0.1) is 0 Å². The molecule has 0 aliphatic carbocycles. The number of hydrogen-bond acceptors (Lipinski definition) is 4. The maximum Gasteiger partial charge on any atom is 0.269 e. The number of amides is 1. The minimum Gasteiger partial charge on any atom is -0.349 e. The van der Waals surface area contributed by atoms with Crippen LogP contribution in [0.2, 0.25) is 0 Å². The molecule has 2 unspecified atom stereocenters. The smallest absolute Gasteiger partial charge is 0.269 e. The zero-order valence-electron chi connectivity index (χ0n) is 15.5. The SMILES string of the molecule is CC(NC(=O)C1CCCN(Cc2ccccc2)C1)c1cccc([N+](=O)[O-])c1. The summed E-state index contributed by atoms with van der Waals surface area (Å²) in [6.07, 6.45) is 1.87. The first-order valence-electron chi connectivity index (χ1n) is 9.34. The molecule has 0 bridgehead atoms. The standard InChI is InChI=1S/C21H25N3O3/c1-16(18-9-5-11-20(13-18)24(26)27)22-21(25)19-10-6-12-23(15-19)14-17-7-3-2-4-8-17/h2-5,7-9,11,13,16,19H,6,10,12,14-15H2,1H3,(H,22,25). The van der Waals surface area contributed by atoms with Crippen molar-refractivity contribution in [2.75, 3.05) is 13.1 Å². The Kier molecular flexibility index (Phi) is 6.19. The van der Waals surface area contributed by atoms with Crippen LogP contribution in [0.3, 0.4) is 0 Å². The van der Waals surface area contributed by atoms with E-state index in [0.717, 1.165) is 38.0 Å². The molecule has 142 valence electrons. The highest BCUT2D eigenvalue weighted by Crippen LogP contribution is 2.22. The molecule has 0 aromatic heterocycles. The number of carbonyl (C=O) groups excluding carboxylic acids is 1. The van der Waals surface area contributed by atoms with Gasteiger partial charge in [0.2, 0.25) is 5.91 Å². The fourth-order valence-electron chi connectivity index (χ4n) is 3.58. The maximum absolute atomic E-state index is 12.7. The Hall–Kier alpha value is -2.73. The largest absolute Gasteiger partial charge is 0.349 e. The first-order valence-corrected chi connectivity index (χ1v) is 9.34. The lowest BCUT2D eigenvalue weighted by molar-refractivity contribution is -0.384. The Bertz CT molecular complexity index is 794. The second kappa shape index (κ2) is 8.77. The third kappa shape index (κ3) is 5.14. The van der Waals surface area contributed by atoms with Gasteiger partial charge in [0, 0.05) is 25.2 Å². The van der Waals surface area contributed by atoms with Gasteiger partial charge in [-0.05, 0) is 37.4 Å². The number of benzene rings is 2. The van der Waals surface area contributed by atoms with Gasteiger partial charge in [0.15, 0.2) is 0 Å². The Morgan fingerprint density at radius 3 is 2.78 bits per heavy atom. The molecule has 6 heteroatoms. The predicted molar refractivity (Wildman–Crippen MR) is 104 cm³/mol. The number of nitrogens with one attached hydrogen (secondary N) is 1. The van der Waals surface area contributed by atoms with Gasteiger partial charge in [-0.25, -0.2) is 0 Å². The van der Waals surface area contributed by atoms with Crippen LogP contribution in [0.1, 0.15) is 36.9 Å². The molecular weight excluding hydrogens is 342 g/mol. The molecule has 1 aliphatic rings. The Balaban J connectivity index is 1.58. The monoisotopic (exact) mass is 367 g/mol. The van der Waals surface area contributed by atoms with Crippen molar-refractivity contribution >= 4 is 11.6 Å². The van der Waals surface area contributed by atoms with Crippen LogP contribution in [-0.2, 0) is 11.3 Å². The summed E-state index contributed by atoms with van der Waals surface area (Å²) in [5.74, 6) is -0.0321. The van der Waals surface area contributed by atoms with Gasteiger partial charge in [0.25, 0.3) is 5.69 Å². The number of rotatable bonds is 6. The van der Waals surface area contributed by atoms with Crippen molar-refractivity contribution in [3.05, 3.63) is 75.8 Å². The highest BCUT2D eigenvalue weighted by Gasteiger charge is 2.27. The zero-order chi connectivity index (χ0) is 19.2. The summed E-state index contributed by atoms with van der Waals surface area (Å²) >= 11 is 0. The predicted octanol–water partition coefficient (Wildman–Crippen LogP) is 3.68. The second-order valence-electron chi connectivity index (χ2n) is 7.14. The molecule has 1 aliphatic heterocycles. The van der Waals surface area contributed by atoms with Crippen LogP contribution in [0.25, 0.3) is 0 Å². The summed E-state index contributed by atoms with van der Waals surface area (Å²) in [4.78, 5) is 25.6. The van der Waals surface area contributed by atoms with Crippen molar-refractivity contribution in [2.24, 2.45) is 5.92 Å². The molecular formula is C21H25N3O3. The van der Waals surface area contributed by atoms with Gasteiger partial charge in [-0.3, -0.25) is 19.8 Å². The van der Waals surface area contributed by atoms with E-state index in [2.05, 4.69) is 22.3 Å². The number of nitro groups is 1. The number of carbonyl (C=O) groups is 1. The van der Waals surface area contributed by atoms with Crippen molar-refractivity contribution in [1.82, 2.24) is 10.2 Å². The van der Waals surface area contributed by atoms with Crippen LogP contribution in [0.5, 0.6) is 0 Å². The van der Waals surface area contributed by atoms with Crippen molar-refractivity contribution < 1.29 is 9.72 Å². The third-order valence-corrected chi connectivity index (χ3v) is 5.07. The van der Waals surface area contributed by atoms with Crippen molar-refractivity contribution in [3.8, 4) is 0 Å². The normalized spacial score (nSPS) is 18.6. The van der Waals surface area contributed by atoms with Crippen molar-refractivity contribution in [2.45, 2.75) is 32.4 Å². The van der Waals surface area contributed by atoms with E-state index in [1.54, 1.807) is 12.1 Å². The van der Waals surface area contributed by atoms with E-state index in [-0.39, 0.29) is 23.6 Å². The summed E-state index contributed by atoms with van der Waals surface area (Å²) in [5.41, 5.74) is 2.04. The lowest BCUT2D eigenvalue weighted by atomic mass is 9.96. The fourth-order valence-corrected chi connectivity index (χ4v) is 3.58. The summed E-state index contributed by atoms with van der Waals surface area (Å²) < 4.78 is 0. The van der Waals surface area contributed by atoms with Gasteiger partial charge in [0.05, 0.1) is 16.9 Å². The van der Waals surface area contributed by atoms with E-state index in [9.17, 15) is 14.9 Å². The molecule has 2 aromatic rings. The van der Waals surface area contributed by atoms with Gasteiger partial charge >= 0.3 is 0 Å². The van der Waals surface area contributed by atoms with Crippen LogP contribution in [-0.4, -0.2) is 28.8 Å². The maximum atomic E-state index is 12.7. The van der Waals surface area contributed by atoms with Crippen LogP contribution < -0.4 is 5.32 Å². The molecule has 2 atom stereocenters. The van der Waals surface area contributed by atoms with Crippen LogP contribution in [0.4, 0.5) is 5.69 Å². The lowest BCUT2D eigenvalue weighted by Gasteiger charge is -2.32. The number of nitro benzene ring substituents is 1. The minimum atomic E-state index is -0.416. The summed E-state index contributed by atoms with van der Waals surface area (Å²) in [7, 11) is 0. The molecule has 0 saturated carbocycles. The van der Waals surface area contributed by atoms with E-state index < -0.39 is 4.92 Å². The highest BCUT2D eigenvalue weighted by atomic mass is 16.6. The van der Waals surface area contributed by atoms with Gasteiger partial charge in [-0.2, -0.15) is 0 Å². The van der Waals surface area contributed by atoms with E-state index in [1.807, 2.05) is 25.1 Å². The first kappa shape index (κ1) is 19.0. The van der Waals surface area contributed by atoms with Crippen molar-refractivity contribution in [3.63, 3.8) is 0 Å². The van der Waals surface area contributed by atoms with Gasteiger partial charge < -0.3 is 5.32 Å². The molecule has 1 saturated heterocycles. The summed E-state index contributed by atoms with van der Waals surface area (Å²) in [6.45, 7) is 4.45. The molecule has 1 N–H and O–H groups in total. The van der Waals surface area contributed by atoms with Crippen molar-refractivity contribution in [1.29, 1.82) is 0 Å². The third-order valence-electron chi connectivity index (χ3n) is 5.07. The Morgan fingerprint density at radius 2 is 2.04 bits per heavy atom. The first-order chi connectivity index (χ1) is 13.0. The fraction of sp³-hybridized carbons (Fsp3) is 0.381. The number of hydrogen-bond donors (Lipinski definition) is 1. The average Bonchev–Trinajstić information content (AvgIpc) is 2.69. The van der Waals surface area contributed by atoms with E-state index >= 15 is 0 Å². The zero-order valence-corrected chi connectivity index (χ0v) is 15.5. The molecule has 0 radical (unpaired) electrons. The van der Waals surface area contributed by atoms with E-state index in [1.165, 1.54) is 17.7 Å². The summed E-state index contributed by atoms with van der Waals surface area (Å²) in [6, 6.07) is 16.5. The quantitative estimate of drug-likeness (QED) is 0.624. The van der Waals surface area contributed by atoms with Crippen LogP contribution in [0.15, 0.2) is 54.6 Å². The number of piperidine rings is 1. The van der Waals surface area contributed by atoms with Gasteiger partial charge in [0.1, 0.15) is 0 Å². The lowest BCUT2D eigenvalue weighted by Crippen LogP contribution is -2.43. The van der Waals surface area contributed by atoms with Gasteiger partial charge in [-0.1, -0.05) is 42.5 Å². The number of nitrogens with zero attached hydrogens (tertiary/aromatic N) is 2. The van der Waals surface area contributed by atoms with Crippen LogP contribution >= 0.6 is 0 Å². The molecule has 1 fully saturated rings. The Morgan fingerprint density at radius 1 is 1.26 bits per heavy atom. The molecule has 1 heterocycles.